The van der Waals surface area contributed by atoms with E-state index < -0.39 is 6.29 Å². The third-order valence-electron chi connectivity index (χ3n) is 11.8. The number of para-hydroxylation sites is 4. The molecule has 0 aliphatic carbocycles. The highest BCUT2D eigenvalue weighted by atomic mass is 15.4. The molecule has 296 valence electrons. The van der Waals surface area contributed by atoms with Crippen LogP contribution in [0.15, 0.2) is 242 Å². The van der Waals surface area contributed by atoms with Crippen molar-refractivity contribution >= 4 is 44.7 Å². The maximum atomic E-state index is 5.49. The van der Waals surface area contributed by atoms with Crippen LogP contribution >= 0.6 is 0 Å². The molecule has 2 unspecified atom stereocenters. The Morgan fingerprint density at radius 1 is 0.403 bits per heavy atom. The van der Waals surface area contributed by atoms with Crippen LogP contribution in [0.5, 0.6) is 0 Å². The van der Waals surface area contributed by atoms with Gasteiger partial charge >= 0.3 is 0 Å². The van der Waals surface area contributed by atoms with E-state index in [0.29, 0.717) is 0 Å². The van der Waals surface area contributed by atoms with Gasteiger partial charge in [-0.25, -0.2) is 4.99 Å². The van der Waals surface area contributed by atoms with Crippen LogP contribution in [0.4, 0.5) is 17.1 Å². The van der Waals surface area contributed by atoms with Gasteiger partial charge in [-0.05, 0) is 88.0 Å². The number of nitrogens with zero attached hydrogens (tertiary/aromatic N) is 3. The van der Waals surface area contributed by atoms with Crippen LogP contribution in [-0.4, -0.2) is 10.4 Å². The van der Waals surface area contributed by atoms with Crippen molar-refractivity contribution in [2.75, 3.05) is 4.90 Å². The Kier molecular flexibility index (Phi) is 9.69. The molecule has 5 nitrogen and oxygen atoms in total. The fourth-order valence-corrected chi connectivity index (χ4v) is 8.95. The van der Waals surface area contributed by atoms with Crippen molar-refractivity contribution in [3.63, 3.8) is 0 Å². The van der Waals surface area contributed by atoms with Gasteiger partial charge in [-0.1, -0.05) is 182 Å². The Hall–Kier alpha value is -7.99. The Bertz CT molecular complexity index is 3160. The first kappa shape index (κ1) is 37.0. The van der Waals surface area contributed by atoms with Crippen molar-refractivity contribution in [1.82, 2.24) is 15.2 Å². The zero-order valence-corrected chi connectivity index (χ0v) is 34.0. The molecule has 0 fully saturated rings. The number of rotatable bonds is 9. The van der Waals surface area contributed by atoms with Crippen molar-refractivity contribution in [3.05, 3.63) is 248 Å². The summed E-state index contributed by atoms with van der Waals surface area (Å²) in [5, 5.41) is 10.2. The lowest BCUT2D eigenvalue weighted by Gasteiger charge is -2.33. The predicted molar refractivity (Wildman–Crippen MR) is 258 cm³/mol. The van der Waals surface area contributed by atoms with Gasteiger partial charge in [0.1, 0.15) is 12.0 Å². The standard InChI is InChI=1S/C57H43N5/c1-5-19-40(20-6-1)42-23-15-26-45(37-42)50-34-18-35-52-51-33-13-14-36-53(51)62(54(50)52)57-59-55(41-21-7-2-8-22-41)58-56(60-57)46-27-16-24-43(38-46)44-25-17-32-49(39-44)61(47-28-9-3-10-29-47)48-30-11-4-12-31-48/h1-39,56-57,60H,(H,58,59). The molecular weight excluding hydrogens is 755 g/mol. The maximum absolute atomic E-state index is 5.49. The molecule has 9 aromatic carbocycles. The molecule has 62 heavy (non-hydrogen) atoms. The molecule has 2 heterocycles. The molecule has 5 heteroatoms. The zero-order chi connectivity index (χ0) is 41.2. The summed E-state index contributed by atoms with van der Waals surface area (Å²) in [6, 6.07) is 84.1. The van der Waals surface area contributed by atoms with E-state index in [2.05, 4.69) is 257 Å². The second-order valence-electron chi connectivity index (χ2n) is 15.7. The summed E-state index contributed by atoms with van der Waals surface area (Å²) in [5.74, 6) is 0.836. The molecule has 1 aliphatic rings. The molecule has 0 bridgehead atoms. The summed E-state index contributed by atoms with van der Waals surface area (Å²) in [6.07, 6.45) is -0.694. The molecule has 0 saturated carbocycles. The van der Waals surface area contributed by atoms with Gasteiger partial charge < -0.3 is 14.8 Å². The van der Waals surface area contributed by atoms with Crippen LogP contribution in [0.1, 0.15) is 23.6 Å². The average molecular weight is 798 g/mol. The Morgan fingerprint density at radius 2 is 0.919 bits per heavy atom. The van der Waals surface area contributed by atoms with Gasteiger partial charge in [0.2, 0.25) is 0 Å². The Labute approximate surface area is 361 Å². The molecule has 11 rings (SSSR count). The lowest BCUT2D eigenvalue weighted by Crippen LogP contribution is -2.46. The minimum atomic E-state index is -0.436. The van der Waals surface area contributed by atoms with Gasteiger partial charge in [0.05, 0.1) is 11.0 Å². The second kappa shape index (κ2) is 16.2. The number of amidine groups is 1. The normalized spacial score (nSPS) is 14.9. The number of nitrogens with one attached hydrogen (secondary N) is 2. The van der Waals surface area contributed by atoms with Crippen molar-refractivity contribution in [1.29, 1.82) is 0 Å². The van der Waals surface area contributed by atoms with Crippen molar-refractivity contribution in [2.24, 2.45) is 4.99 Å². The van der Waals surface area contributed by atoms with Crippen molar-refractivity contribution in [2.45, 2.75) is 12.5 Å². The third-order valence-corrected chi connectivity index (χ3v) is 11.8. The average Bonchev–Trinajstić information content (AvgIpc) is 3.70. The smallest absolute Gasteiger partial charge is 0.184 e. The van der Waals surface area contributed by atoms with E-state index in [1.807, 2.05) is 0 Å². The number of fused-ring (bicyclic) bond motifs is 3. The van der Waals surface area contributed by atoms with Crippen LogP contribution < -0.4 is 15.5 Å². The van der Waals surface area contributed by atoms with Crippen molar-refractivity contribution < 1.29 is 0 Å². The number of anilines is 3. The van der Waals surface area contributed by atoms with Crippen LogP contribution in [0.3, 0.4) is 0 Å². The maximum Gasteiger partial charge on any atom is 0.184 e. The van der Waals surface area contributed by atoms with Crippen molar-refractivity contribution in [3.8, 4) is 33.4 Å². The molecule has 1 aliphatic heterocycles. The molecule has 2 atom stereocenters. The summed E-state index contributed by atoms with van der Waals surface area (Å²) < 4.78 is 2.40. The highest BCUT2D eigenvalue weighted by molar-refractivity contribution is 6.13. The summed E-state index contributed by atoms with van der Waals surface area (Å²) in [7, 11) is 0. The first-order chi connectivity index (χ1) is 30.7. The fourth-order valence-electron chi connectivity index (χ4n) is 8.95. The monoisotopic (exact) mass is 797 g/mol. The molecular formula is C57H43N5. The SMILES string of the molecule is c1ccc(C2=NC(n3c4ccccc4c4cccc(-c5cccc(-c6ccccc6)c5)c43)NC(c3cccc(-c4cccc(N(c5ccccc5)c5ccccc5)c4)c3)N2)cc1. The first-order valence-corrected chi connectivity index (χ1v) is 21.2. The summed E-state index contributed by atoms with van der Waals surface area (Å²) in [6.45, 7) is 0. The van der Waals surface area contributed by atoms with E-state index in [1.54, 1.807) is 0 Å². The predicted octanol–water partition coefficient (Wildman–Crippen LogP) is 14.1. The summed E-state index contributed by atoms with van der Waals surface area (Å²) >= 11 is 0. The quantitative estimate of drug-likeness (QED) is 0.153. The minimum absolute atomic E-state index is 0.259. The second-order valence-corrected chi connectivity index (χ2v) is 15.7. The number of benzene rings is 9. The fraction of sp³-hybridized carbons (Fsp3) is 0.0351. The number of aliphatic imine (C=N–C) groups is 1. The van der Waals surface area contributed by atoms with Gasteiger partial charge in [-0.2, -0.15) is 0 Å². The molecule has 0 saturated heterocycles. The number of hydrogen-bond donors (Lipinski definition) is 2. The molecule has 0 radical (unpaired) electrons. The van der Waals surface area contributed by atoms with Crippen LogP contribution in [0, 0.1) is 0 Å². The van der Waals surface area contributed by atoms with E-state index in [1.165, 1.54) is 21.9 Å². The van der Waals surface area contributed by atoms with E-state index in [-0.39, 0.29) is 6.17 Å². The van der Waals surface area contributed by atoms with Crippen LogP contribution in [-0.2, 0) is 0 Å². The molecule has 0 amide bonds. The summed E-state index contributed by atoms with van der Waals surface area (Å²) in [4.78, 5) is 7.80. The lowest BCUT2D eigenvalue weighted by atomic mass is 9.97. The Balaban J connectivity index is 1.02. The van der Waals surface area contributed by atoms with Gasteiger partial charge in [0.25, 0.3) is 0 Å². The van der Waals surface area contributed by atoms with Gasteiger partial charge in [-0.3, -0.25) is 5.32 Å². The molecule has 1 aromatic heterocycles. The van der Waals surface area contributed by atoms with E-state index >= 15 is 0 Å². The van der Waals surface area contributed by atoms with Gasteiger partial charge in [-0.15, -0.1) is 0 Å². The largest absolute Gasteiger partial charge is 0.350 e. The van der Waals surface area contributed by atoms with E-state index in [0.717, 1.165) is 67.3 Å². The zero-order valence-electron chi connectivity index (χ0n) is 34.0. The number of aromatic nitrogens is 1. The minimum Gasteiger partial charge on any atom is -0.350 e. The van der Waals surface area contributed by atoms with Gasteiger partial charge in [0.15, 0.2) is 6.29 Å². The molecule has 10 aromatic rings. The molecule has 0 spiro atoms. The first-order valence-electron chi connectivity index (χ1n) is 21.2. The number of hydrogen-bond acceptors (Lipinski definition) is 4. The highest BCUT2D eigenvalue weighted by Gasteiger charge is 2.29. The van der Waals surface area contributed by atoms with Crippen LogP contribution in [0.25, 0.3) is 55.2 Å². The van der Waals surface area contributed by atoms with Gasteiger partial charge in [0, 0.05) is 39.0 Å². The van der Waals surface area contributed by atoms with E-state index in [9.17, 15) is 0 Å². The third kappa shape index (κ3) is 7.00. The van der Waals surface area contributed by atoms with E-state index in [4.69, 9.17) is 4.99 Å². The highest BCUT2D eigenvalue weighted by Crippen LogP contribution is 2.41. The van der Waals surface area contributed by atoms with Crippen LogP contribution in [0.2, 0.25) is 0 Å². The topological polar surface area (TPSA) is 44.6 Å². The molecule has 2 N–H and O–H groups in total. The summed E-state index contributed by atoms with van der Waals surface area (Å²) in [5.41, 5.74) is 14.7. The Morgan fingerprint density at radius 3 is 1.65 bits per heavy atom. The lowest BCUT2D eigenvalue weighted by molar-refractivity contribution is 0.341.